The number of carbonyl (C=O) groups excluding carboxylic acids is 1. The Kier molecular flexibility index (Phi) is 5.79. The highest BCUT2D eigenvalue weighted by Crippen LogP contribution is 2.41. The second kappa shape index (κ2) is 7.88. The summed E-state index contributed by atoms with van der Waals surface area (Å²) in [6.07, 6.45) is 3.10. The van der Waals surface area contributed by atoms with Crippen molar-refractivity contribution >= 4 is 39.1 Å². The van der Waals surface area contributed by atoms with Crippen molar-refractivity contribution in [2.24, 2.45) is 0 Å². The lowest BCUT2D eigenvalue weighted by Gasteiger charge is -2.29. The fourth-order valence-electron chi connectivity index (χ4n) is 3.56. The molecule has 0 radical (unpaired) electrons. The molecule has 7 nitrogen and oxygen atoms in total. The van der Waals surface area contributed by atoms with Gasteiger partial charge in [-0.05, 0) is 26.8 Å². The number of benzene rings is 1. The predicted octanol–water partition coefficient (Wildman–Crippen LogP) is 2.19. The van der Waals surface area contributed by atoms with Gasteiger partial charge in [-0.2, -0.15) is 0 Å². The number of nitrogens with zero attached hydrogens (tertiary/aromatic N) is 3. The summed E-state index contributed by atoms with van der Waals surface area (Å²) in [6.45, 7) is 7.45. The molecular weight excluding hydrogens is 425 g/mol. The number of nitrogens with one attached hydrogen (secondary N) is 1. The Morgan fingerprint density at radius 2 is 2.13 bits per heavy atom. The van der Waals surface area contributed by atoms with Crippen LogP contribution in [0.1, 0.15) is 48.2 Å². The van der Waals surface area contributed by atoms with Crippen molar-refractivity contribution < 1.29 is 13.9 Å². The number of carbonyl (C=O) groups is 1. The van der Waals surface area contributed by atoms with Crippen LogP contribution in [0.15, 0.2) is 18.5 Å². The number of amides is 1. The second-order valence-electron chi connectivity index (χ2n) is 7.85. The van der Waals surface area contributed by atoms with Gasteiger partial charge in [-0.1, -0.05) is 18.5 Å². The maximum atomic E-state index is 14.9. The number of fused-ring (bicyclic) bond motifs is 1. The van der Waals surface area contributed by atoms with E-state index in [1.807, 2.05) is 32.1 Å². The van der Waals surface area contributed by atoms with Gasteiger partial charge in [0.1, 0.15) is 28.5 Å². The Hall–Kier alpha value is -2.65. The molecule has 2 aromatic heterocycles. The van der Waals surface area contributed by atoms with Crippen LogP contribution in [0.3, 0.4) is 0 Å². The first-order chi connectivity index (χ1) is 14.0. The van der Waals surface area contributed by atoms with Crippen molar-refractivity contribution in [3.63, 3.8) is 0 Å². The minimum atomic E-state index is -0.814. The lowest BCUT2D eigenvalue weighted by Crippen LogP contribution is -2.31. The van der Waals surface area contributed by atoms with Crippen molar-refractivity contribution in [2.75, 3.05) is 12.8 Å². The molecule has 0 aliphatic carbocycles. The quantitative estimate of drug-likeness (QED) is 0.582. The molecule has 160 valence electrons. The van der Waals surface area contributed by atoms with Gasteiger partial charge in [0.25, 0.3) is 5.91 Å². The first-order valence-electron chi connectivity index (χ1n) is 9.51. The van der Waals surface area contributed by atoms with Gasteiger partial charge in [0, 0.05) is 40.3 Å². The molecule has 1 atom stereocenters. The fraction of sp³-hybridized carbons (Fsp3) is 0.350. The average Bonchev–Trinajstić information content (AvgIpc) is 3.02. The minimum absolute atomic E-state index is 0.152. The standard InChI is InChI=1S/C20H25ClFN5O2Si/c1-9(2)29-16-11(8-12(21)14(22)13(16)18(28)24-5)20(4,30)19-26-10(3)15-17(23)25-6-7-27(15)19/h6-9H,1-5,30H3,(H2,23,25)(H,24,28)/t20-/m0/s1. The van der Waals surface area contributed by atoms with Crippen LogP contribution in [-0.2, 0) is 5.04 Å². The molecule has 0 saturated heterocycles. The van der Waals surface area contributed by atoms with E-state index in [2.05, 4.69) is 10.3 Å². The third kappa shape index (κ3) is 3.52. The zero-order chi connectivity index (χ0) is 22.4. The maximum absolute atomic E-state index is 14.9. The first-order valence-corrected chi connectivity index (χ1v) is 10.9. The van der Waals surface area contributed by atoms with Crippen molar-refractivity contribution in [3.05, 3.63) is 51.9 Å². The first kappa shape index (κ1) is 22.0. The molecule has 2 heterocycles. The van der Waals surface area contributed by atoms with E-state index in [1.165, 1.54) is 13.1 Å². The fourth-order valence-corrected chi connectivity index (χ4v) is 4.49. The Labute approximate surface area is 182 Å². The third-order valence-electron chi connectivity index (χ3n) is 4.97. The molecule has 0 unspecified atom stereocenters. The number of nitrogens with two attached hydrogens (primary N) is 1. The number of imidazole rings is 1. The van der Waals surface area contributed by atoms with E-state index in [-0.39, 0.29) is 22.4 Å². The van der Waals surface area contributed by atoms with E-state index >= 15 is 0 Å². The Balaban J connectivity index is 2.38. The number of hydrogen-bond acceptors (Lipinski definition) is 5. The van der Waals surface area contributed by atoms with Crippen molar-refractivity contribution in [1.29, 1.82) is 0 Å². The number of halogens is 2. The van der Waals surface area contributed by atoms with Crippen molar-refractivity contribution in [1.82, 2.24) is 19.7 Å². The molecule has 3 aromatic rings. The van der Waals surface area contributed by atoms with Crippen molar-refractivity contribution in [2.45, 2.75) is 38.8 Å². The second-order valence-corrected chi connectivity index (χ2v) is 10.3. The van der Waals surface area contributed by atoms with E-state index in [4.69, 9.17) is 27.1 Å². The molecule has 0 fully saturated rings. The lowest BCUT2D eigenvalue weighted by molar-refractivity contribution is 0.0952. The number of aryl methyl sites for hydroxylation is 1. The minimum Gasteiger partial charge on any atom is -0.490 e. The lowest BCUT2D eigenvalue weighted by atomic mass is 9.94. The summed E-state index contributed by atoms with van der Waals surface area (Å²) in [4.78, 5) is 21.4. The maximum Gasteiger partial charge on any atom is 0.257 e. The van der Waals surface area contributed by atoms with Crippen LogP contribution in [0.5, 0.6) is 5.75 Å². The SMILES string of the molecule is CNC(=O)c1c(F)c(Cl)cc([C@](C)([SiH3])c2nc(C)c3c(N)nccn23)c1OC(C)C. The van der Waals surface area contributed by atoms with Crippen LogP contribution in [0.4, 0.5) is 10.2 Å². The smallest absolute Gasteiger partial charge is 0.257 e. The summed E-state index contributed by atoms with van der Waals surface area (Å²) in [5.41, 5.74) is 7.88. The number of hydrogen-bond donors (Lipinski definition) is 2. The molecule has 1 aromatic carbocycles. The molecule has 0 bridgehead atoms. The Morgan fingerprint density at radius 1 is 1.47 bits per heavy atom. The monoisotopic (exact) mass is 449 g/mol. The molecule has 0 saturated carbocycles. The number of nitrogen functional groups attached to an aromatic ring is 1. The van der Waals surface area contributed by atoms with Gasteiger partial charge < -0.3 is 15.8 Å². The predicted molar refractivity (Wildman–Crippen MR) is 119 cm³/mol. The molecular formula is C20H25ClFN5O2Si. The highest BCUT2D eigenvalue weighted by atomic mass is 35.5. The number of rotatable bonds is 5. The van der Waals surface area contributed by atoms with E-state index in [0.717, 1.165) is 5.69 Å². The molecule has 0 spiro atoms. The van der Waals surface area contributed by atoms with Crippen LogP contribution in [0.2, 0.25) is 5.02 Å². The van der Waals surface area contributed by atoms with Crippen LogP contribution >= 0.6 is 11.6 Å². The average molecular weight is 450 g/mol. The van der Waals surface area contributed by atoms with Gasteiger partial charge >= 0.3 is 0 Å². The summed E-state index contributed by atoms with van der Waals surface area (Å²) in [6, 6.07) is 1.52. The van der Waals surface area contributed by atoms with E-state index in [9.17, 15) is 9.18 Å². The zero-order valence-corrected chi connectivity index (χ0v) is 20.6. The van der Waals surface area contributed by atoms with Crippen molar-refractivity contribution in [3.8, 4) is 5.75 Å². The summed E-state index contributed by atoms with van der Waals surface area (Å²) in [5, 5.41) is 1.63. The number of aromatic nitrogens is 3. The zero-order valence-electron chi connectivity index (χ0n) is 17.8. The molecule has 3 N–H and O–H groups in total. The molecule has 0 aliphatic rings. The molecule has 0 aliphatic heterocycles. The van der Waals surface area contributed by atoms with E-state index < -0.39 is 16.8 Å². The van der Waals surface area contributed by atoms with E-state index in [1.54, 1.807) is 12.4 Å². The highest BCUT2D eigenvalue weighted by Gasteiger charge is 2.36. The van der Waals surface area contributed by atoms with Crippen LogP contribution in [0.25, 0.3) is 5.52 Å². The van der Waals surface area contributed by atoms with Gasteiger partial charge in [0.2, 0.25) is 0 Å². The van der Waals surface area contributed by atoms with Gasteiger partial charge in [-0.15, -0.1) is 0 Å². The van der Waals surface area contributed by atoms with Gasteiger partial charge in [-0.3, -0.25) is 9.20 Å². The van der Waals surface area contributed by atoms with Crippen LogP contribution in [0, 0.1) is 12.7 Å². The normalized spacial score (nSPS) is 13.6. The van der Waals surface area contributed by atoms with Crippen LogP contribution in [-0.4, -0.2) is 43.7 Å². The topological polar surface area (TPSA) is 94.5 Å². The molecule has 1 amide bonds. The largest absolute Gasteiger partial charge is 0.490 e. The van der Waals surface area contributed by atoms with E-state index in [0.29, 0.717) is 33.0 Å². The Bertz CT molecular complexity index is 1150. The van der Waals surface area contributed by atoms with Gasteiger partial charge in [0.05, 0.1) is 16.8 Å². The summed E-state index contributed by atoms with van der Waals surface area (Å²) < 4.78 is 22.8. The highest BCUT2D eigenvalue weighted by molar-refractivity contribution is 6.31. The molecule has 3 rings (SSSR count). The Morgan fingerprint density at radius 3 is 2.73 bits per heavy atom. The number of anilines is 1. The number of ether oxygens (including phenoxy) is 1. The molecule has 30 heavy (non-hydrogen) atoms. The van der Waals surface area contributed by atoms with Gasteiger partial charge in [-0.25, -0.2) is 14.4 Å². The summed E-state index contributed by atoms with van der Waals surface area (Å²) in [7, 11) is 1.99. The summed E-state index contributed by atoms with van der Waals surface area (Å²) >= 11 is 6.22. The third-order valence-corrected chi connectivity index (χ3v) is 6.23. The molecule has 10 heteroatoms. The summed E-state index contributed by atoms with van der Waals surface area (Å²) in [5.74, 6) is -0.199. The van der Waals surface area contributed by atoms with Crippen LogP contribution < -0.4 is 15.8 Å². The van der Waals surface area contributed by atoms with Gasteiger partial charge in [0.15, 0.2) is 5.82 Å².